The molecule has 0 heterocycles. The minimum absolute atomic E-state index is 0.0454. The summed E-state index contributed by atoms with van der Waals surface area (Å²) < 4.78 is 73.5. The molecule has 5 rings (SSSR count). The maximum absolute atomic E-state index is 14.7. The number of hydrogen-bond donors (Lipinski definition) is 0. The first-order chi connectivity index (χ1) is 25.0. The van der Waals surface area contributed by atoms with Gasteiger partial charge in [0, 0.05) is 20.8 Å². The Hall–Kier alpha value is -4.09. The number of aryl methyl sites for hydroxylation is 1. The van der Waals surface area contributed by atoms with Crippen LogP contribution in [-0.2, 0) is 40.1 Å². The summed E-state index contributed by atoms with van der Waals surface area (Å²) in [6, 6.07) is 34.0. The van der Waals surface area contributed by atoms with Crippen LogP contribution in [0.5, 0.6) is 11.5 Å². The van der Waals surface area contributed by atoms with Crippen LogP contribution in [0.1, 0.15) is 84.6 Å². The molecule has 0 amide bonds. The maximum Gasteiger partial charge on any atom is 0.339 e. The van der Waals surface area contributed by atoms with Gasteiger partial charge in [0.15, 0.2) is 11.5 Å². The van der Waals surface area contributed by atoms with Crippen LogP contribution < -0.4 is 8.92 Å². The molecule has 288 valence electrons. The van der Waals surface area contributed by atoms with E-state index in [4.69, 9.17) is 12.5 Å². The van der Waals surface area contributed by atoms with Crippen molar-refractivity contribution in [2.45, 2.75) is 110 Å². The lowest BCUT2D eigenvalue weighted by atomic mass is 9.87. The Morgan fingerprint density at radius 1 is 0.426 bits per heavy atom. The van der Waals surface area contributed by atoms with Crippen molar-refractivity contribution in [3.05, 3.63) is 138 Å². The lowest BCUT2D eigenvalue weighted by Crippen LogP contribution is -2.17. The second-order valence-electron chi connectivity index (χ2n) is 16.6. The fourth-order valence-electron chi connectivity index (χ4n) is 5.88. The molecule has 0 aliphatic carbocycles. The first-order valence-corrected chi connectivity index (χ1v) is 22.2. The van der Waals surface area contributed by atoms with Gasteiger partial charge in [-0.15, -0.1) is 0 Å². The largest absolute Gasteiger partial charge is 0.493 e. The van der Waals surface area contributed by atoms with Gasteiger partial charge in [-0.05, 0) is 111 Å². The van der Waals surface area contributed by atoms with E-state index < -0.39 is 30.5 Å². The molecule has 0 saturated heterocycles. The van der Waals surface area contributed by atoms with E-state index in [2.05, 4.69) is 62.3 Å². The molecule has 0 radical (unpaired) electrons. The minimum atomic E-state index is -4.58. The van der Waals surface area contributed by atoms with Crippen LogP contribution in [0.2, 0.25) is 0 Å². The van der Waals surface area contributed by atoms with E-state index >= 15 is 0 Å². The third-order valence-electron chi connectivity index (χ3n) is 9.28. The average Bonchev–Trinajstić information content (AvgIpc) is 3.10. The Morgan fingerprint density at radius 2 is 0.778 bits per heavy atom. The zero-order valence-corrected chi connectivity index (χ0v) is 35.5. The molecule has 0 atom stereocenters. The van der Waals surface area contributed by atoms with Crippen molar-refractivity contribution in [2.24, 2.45) is 0 Å². The molecule has 0 N–H and O–H groups in total. The second kappa shape index (κ2) is 14.9. The van der Waals surface area contributed by atoms with Crippen molar-refractivity contribution in [2.75, 3.05) is 7.11 Å². The number of ether oxygens (including phenoxy) is 1. The topological polar surface area (TPSA) is 96.0 Å². The Kier molecular flexibility index (Phi) is 11.3. The van der Waals surface area contributed by atoms with Gasteiger partial charge in [-0.25, -0.2) is 3.63 Å². The van der Waals surface area contributed by atoms with Gasteiger partial charge >= 0.3 is 20.2 Å². The highest BCUT2D eigenvalue weighted by Crippen LogP contribution is 2.70. The molecule has 0 saturated carbocycles. The number of benzene rings is 5. The van der Waals surface area contributed by atoms with E-state index in [0.29, 0.717) is 14.7 Å². The molecule has 0 unspecified atom stereocenters. The smallest absolute Gasteiger partial charge is 0.339 e. The standard InChI is InChI=1S/C44H52O7S3/c1-31-12-20-38(21-13-31)53(45,46)50-40-29-28-39(30-41(40)49-11)54(47,48)51-52(35-22-14-32(15-23-35)42(2,3)4,36-24-16-33(17-25-36)43(5,6)7)37-26-18-34(19-27-37)44(8,9)10/h12-30H,1-11H3. The van der Waals surface area contributed by atoms with Gasteiger partial charge in [0.05, 0.1) is 12.0 Å². The lowest BCUT2D eigenvalue weighted by Gasteiger charge is -2.40. The number of rotatable bonds is 10. The molecule has 0 fully saturated rings. The molecular formula is C44H52O7S3. The highest BCUT2D eigenvalue weighted by Gasteiger charge is 2.39. The maximum atomic E-state index is 14.7. The van der Waals surface area contributed by atoms with E-state index in [9.17, 15) is 16.8 Å². The van der Waals surface area contributed by atoms with Crippen molar-refractivity contribution in [3.63, 3.8) is 0 Å². The van der Waals surface area contributed by atoms with E-state index in [1.165, 1.54) is 37.4 Å². The molecule has 0 aromatic heterocycles. The van der Waals surface area contributed by atoms with Crippen molar-refractivity contribution >= 4 is 30.5 Å². The summed E-state index contributed by atoms with van der Waals surface area (Å²) in [5.74, 6) is -0.251. The first-order valence-electron chi connectivity index (χ1n) is 17.8. The van der Waals surface area contributed by atoms with E-state index in [1.807, 2.05) is 79.7 Å². The average molecular weight is 789 g/mol. The molecule has 0 spiro atoms. The van der Waals surface area contributed by atoms with Gasteiger partial charge in [0.1, 0.15) is 4.90 Å². The number of methoxy groups -OCH3 is 1. The summed E-state index contributed by atoms with van der Waals surface area (Å²) in [5.41, 5.74) is 3.75. The summed E-state index contributed by atoms with van der Waals surface area (Å²) >= 11 is 0. The molecule has 10 heteroatoms. The molecule has 54 heavy (non-hydrogen) atoms. The van der Waals surface area contributed by atoms with Crippen LogP contribution in [0.3, 0.4) is 0 Å². The Morgan fingerprint density at radius 3 is 1.13 bits per heavy atom. The lowest BCUT2D eigenvalue weighted by molar-refractivity contribution is 0.389. The van der Waals surface area contributed by atoms with Gasteiger partial charge in [-0.1, -0.05) is 116 Å². The molecule has 5 aromatic carbocycles. The molecule has 7 nitrogen and oxygen atoms in total. The van der Waals surface area contributed by atoms with Gasteiger partial charge in [-0.3, -0.25) is 0 Å². The van der Waals surface area contributed by atoms with Crippen LogP contribution >= 0.6 is 10.3 Å². The van der Waals surface area contributed by atoms with Crippen LogP contribution in [-0.4, -0.2) is 23.9 Å². The van der Waals surface area contributed by atoms with Crippen molar-refractivity contribution < 1.29 is 29.4 Å². The van der Waals surface area contributed by atoms with Crippen molar-refractivity contribution in [1.82, 2.24) is 0 Å². The van der Waals surface area contributed by atoms with Crippen LogP contribution in [0, 0.1) is 6.92 Å². The quantitative estimate of drug-likeness (QED) is 0.130. The summed E-state index contributed by atoms with van der Waals surface area (Å²) in [4.78, 5) is 1.82. The minimum Gasteiger partial charge on any atom is -0.493 e. The predicted octanol–water partition coefficient (Wildman–Crippen LogP) is 11.3. The van der Waals surface area contributed by atoms with Crippen LogP contribution in [0.25, 0.3) is 0 Å². The van der Waals surface area contributed by atoms with Crippen LogP contribution in [0.15, 0.2) is 140 Å². The Balaban J connectivity index is 1.71. The summed E-state index contributed by atoms with van der Waals surface area (Å²) in [6.45, 7) is 21.0. The highest BCUT2D eigenvalue weighted by molar-refractivity contribution is 8.33. The van der Waals surface area contributed by atoms with Crippen molar-refractivity contribution in [1.29, 1.82) is 0 Å². The van der Waals surface area contributed by atoms with E-state index in [1.54, 1.807) is 12.1 Å². The fourth-order valence-corrected chi connectivity index (χ4v) is 12.0. The Labute approximate surface area is 324 Å². The van der Waals surface area contributed by atoms with Gasteiger partial charge in [0.2, 0.25) is 0 Å². The summed E-state index contributed by atoms with van der Waals surface area (Å²) in [5, 5.41) is 0. The van der Waals surface area contributed by atoms with Gasteiger partial charge in [0.25, 0.3) is 0 Å². The predicted molar refractivity (Wildman–Crippen MR) is 218 cm³/mol. The van der Waals surface area contributed by atoms with E-state index in [-0.39, 0.29) is 37.5 Å². The fraction of sp³-hybridized carbons (Fsp3) is 0.318. The zero-order chi connectivity index (χ0) is 39.9. The SMILES string of the molecule is COc1cc(S(=O)(=O)OS(c2ccc(C(C)(C)C)cc2)(c2ccc(C(C)(C)C)cc2)c2ccc(C(C)(C)C)cc2)ccc1OS(=O)(=O)c1ccc(C)cc1. The highest BCUT2D eigenvalue weighted by atomic mass is 32.3. The molecular weight excluding hydrogens is 737 g/mol. The summed E-state index contributed by atoms with van der Waals surface area (Å²) in [6.07, 6.45) is 0. The van der Waals surface area contributed by atoms with E-state index in [0.717, 1.165) is 22.3 Å². The monoisotopic (exact) mass is 788 g/mol. The molecule has 0 aliphatic heterocycles. The van der Waals surface area contributed by atoms with Crippen LogP contribution in [0.4, 0.5) is 0 Å². The molecule has 5 aromatic rings. The third-order valence-corrected chi connectivity index (χ3v) is 15.7. The molecule has 0 bridgehead atoms. The second-order valence-corrected chi connectivity index (χ2v) is 22.6. The van der Waals surface area contributed by atoms with Gasteiger partial charge in [-0.2, -0.15) is 16.8 Å². The summed E-state index contributed by atoms with van der Waals surface area (Å²) in [7, 11) is -10.5. The molecule has 0 aliphatic rings. The third kappa shape index (κ3) is 8.73. The van der Waals surface area contributed by atoms with Gasteiger partial charge < -0.3 is 8.92 Å². The number of hydrogen-bond acceptors (Lipinski definition) is 7. The zero-order valence-electron chi connectivity index (χ0n) is 33.1. The Bertz CT molecular complexity index is 2170. The normalized spacial score (nSPS) is 13.4. The first kappa shape index (κ1) is 41.1. The van der Waals surface area contributed by atoms with Crippen molar-refractivity contribution in [3.8, 4) is 11.5 Å².